The molecule has 0 aromatic carbocycles. The van der Waals surface area contributed by atoms with E-state index in [9.17, 15) is 4.39 Å². The molecular formula is C17H20FN7. The van der Waals surface area contributed by atoms with E-state index in [0.717, 1.165) is 55.3 Å². The molecule has 0 spiro atoms. The molecule has 0 saturated carbocycles. The second kappa shape index (κ2) is 6.72. The van der Waals surface area contributed by atoms with Crippen molar-refractivity contribution in [3.05, 3.63) is 42.0 Å². The minimum atomic E-state index is -0.297. The van der Waals surface area contributed by atoms with E-state index in [4.69, 9.17) is 0 Å². The number of halogens is 1. The van der Waals surface area contributed by atoms with Gasteiger partial charge in [-0.2, -0.15) is 0 Å². The molecule has 0 atom stereocenters. The van der Waals surface area contributed by atoms with Gasteiger partial charge in [-0.25, -0.2) is 19.3 Å². The first-order valence-electron chi connectivity index (χ1n) is 8.44. The Bertz CT molecular complexity index is 853. The number of rotatable bonds is 4. The summed E-state index contributed by atoms with van der Waals surface area (Å²) in [6.45, 7) is 2.63. The molecule has 0 amide bonds. The van der Waals surface area contributed by atoms with Crippen LogP contribution in [-0.4, -0.2) is 50.0 Å². The molecule has 2 N–H and O–H groups in total. The van der Waals surface area contributed by atoms with Crippen LogP contribution >= 0.6 is 0 Å². The lowest BCUT2D eigenvalue weighted by atomic mass is 9.95. The third-order valence-electron chi connectivity index (χ3n) is 4.67. The van der Waals surface area contributed by atoms with E-state index < -0.39 is 0 Å². The van der Waals surface area contributed by atoms with Gasteiger partial charge in [-0.15, -0.1) is 0 Å². The maximum absolute atomic E-state index is 13.0. The van der Waals surface area contributed by atoms with Crippen molar-refractivity contribution >= 4 is 17.0 Å². The molecule has 3 aromatic heterocycles. The van der Waals surface area contributed by atoms with Crippen molar-refractivity contribution in [3.63, 3.8) is 0 Å². The second-order valence-corrected chi connectivity index (χ2v) is 6.30. The molecule has 3 aromatic rings. The van der Waals surface area contributed by atoms with E-state index in [1.807, 2.05) is 7.05 Å². The Morgan fingerprint density at radius 3 is 2.80 bits per heavy atom. The van der Waals surface area contributed by atoms with Gasteiger partial charge in [-0.1, -0.05) is 0 Å². The summed E-state index contributed by atoms with van der Waals surface area (Å²) in [5.74, 6) is 1.67. The Hall–Kier alpha value is -2.61. The monoisotopic (exact) mass is 341 g/mol. The summed E-state index contributed by atoms with van der Waals surface area (Å²) in [7, 11) is 1.85. The van der Waals surface area contributed by atoms with Crippen LogP contribution in [0.4, 0.5) is 10.2 Å². The highest BCUT2D eigenvalue weighted by molar-refractivity contribution is 5.82. The number of hydrogen-bond acceptors (Lipinski definition) is 6. The van der Waals surface area contributed by atoms with E-state index in [1.165, 1.54) is 12.3 Å². The molecule has 0 radical (unpaired) electrons. The van der Waals surface area contributed by atoms with Gasteiger partial charge in [0.2, 0.25) is 0 Å². The minimum absolute atomic E-state index is 0.297. The van der Waals surface area contributed by atoms with Gasteiger partial charge >= 0.3 is 0 Å². The summed E-state index contributed by atoms with van der Waals surface area (Å²) in [4.78, 5) is 23.1. The number of fused-ring (bicyclic) bond motifs is 1. The van der Waals surface area contributed by atoms with E-state index in [1.54, 1.807) is 12.4 Å². The topological polar surface area (TPSA) is 82.6 Å². The predicted molar refractivity (Wildman–Crippen MR) is 92.7 cm³/mol. The molecule has 0 aliphatic carbocycles. The van der Waals surface area contributed by atoms with Crippen LogP contribution in [0.25, 0.3) is 11.2 Å². The first kappa shape index (κ1) is 15.9. The van der Waals surface area contributed by atoms with Crippen LogP contribution in [-0.2, 0) is 6.54 Å². The average molecular weight is 341 g/mol. The van der Waals surface area contributed by atoms with E-state index >= 15 is 0 Å². The third-order valence-corrected chi connectivity index (χ3v) is 4.67. The maximum atomic E-state index is 13.0. The van der Waals surface area contributed by atoms with Crippen LogP contribution in [0.15, 0.2) is 24.7 Å². The second-order valence-electron chi connectivity index (χ2n) is 6.30. The SMILES string of the molecule is CNc1nc(C2CCN(Cc3ccc(F)cn3)CC2)nc2nc[nH]c12. The molecule has 8 heteroatoms. The van der Waals surface area contributed by atoms with Gasteiger partial charge < -0.3 is 10.3 Å². The standard InChI is InChI=1S/C17H20FN7/c1-19-16-14-17(22-10-21-14)24-15(23-16)11-4-6-25(7-5-11)9-13-3-2-12(18)8-20-13/h2-3,8,10-11H,4-7,9H2,1H3,(H2,19,21,22,23,24). The minimum Gasteiger partial charge on any atom is -0.371 e. The van der Waals surface area contributed by atoms with Gasteiger partial charge in [0.1, 0.15) is 17.2 Å². The highest BCUT2D eigenvalue weighted by Gasteiger charge is 2.24. The van der Waals surface area contributed by atoms with Gasteiger partial charge in [0.15, 0.2) is 11.5 Å². The number of imidazole rings is 1. The third kappa shape index (κ3) is 3.30. The molecule has 1 aliphatic heterocycles. The maximum Gasteiger partial charge on any atom is 0.183 e. The number of likely N-dealkylation sites (tertiary alicyclic amines) is 1. The first-order valence-corrected chi connectivity index (χ1v) is 8.44. The summed E-state index contributed by atoms with van der Waals surface area (Å²) in [6, 6.07) is 3.20. The van der Waals surface area contributed by atoms with Crippen LogP contribution in [0.2, 0.25) is 0 Å². The van der Waals surface area contributed by atoms with Crippen LogP contribution < -0.4 is 5.32 Å². The molecule has 130 valence electrons. The number of aromatic nitrogens is 5. The molecule has 1 saturated heterocycles. The van der Waals surface area contributed by atoms with Crippen LogP contribution in [0.5, 0.6) is 0 Å². The number of hydrogen-bond donors (Lipinski definition) is 2. The van der Waals surface area contributed by atoms with Crippen molar-refractivity contribution in [2.24, 2.45) is 0 Å². The van der Waals surface area contributed by atoms with Crippen molar-refractivity contribution in [1.29, 1.82) is 0 Å². The van der Waals surface area contributed by atoms with Crippen molar-refractivity contribution in [3.8, 4) is 0 Å². The summed E-state index contributed by atoms with van der Waals surface area (Å²) >= 11 is 0. The highest BCUT2D eigenvalue weighted by atomic mass is 19.1. The van der Waals surface area contributed by atoms with Crippen LogP contribution in [0, 0.1) is 5.82 Å². The molecule has 0 bridgehead atoms. The number of nitrogens with one attached hydrogen (secondary N) is 2. The molecule has 1 fully saturated rings. The summed E-state index contributed by atoms with van der Waals surface area (Å²) in [6.07, 6.45) is 4.89. The zero-order valence-electron chi connectivity index (χ0n) is 14.0. The number of nitrogens with zero attached hydrogens (tertiary/aromatic N) is 5. The summed E-state index contributed by atoms with van der Waals surface area (Å²) in [5.41, 5.74) is 2.44. The van der Waals surface area contributed by atoms with E-state index in [0.29, 0.717) is 11.6 Å². The van der Waals surface area contributed by atoms with Crippen molar-refractivity contribution in [1.82, 2.24) is 29.8 Å². The predicted octanol–water partition coefficient (Wildman–Crippen LogP) is 2.31. The summed E-state index contributed by atoms with van der Waals surface area (Å²) in [5, 5.41) is 3.11. The lowest BCUT2D eigenvalue weighted by Crippen LogP contribution is -2.33. The van der Waals surface area contributed by atoms with Gasteiger partial charge in [0.25, 0.3) is 0 Å². The lowest BCUT2D eigenvalue weighted by molar-refractivity contribution is 0.199. The smallest absolute Gasteiger partial charge is 0.183 e. The number of pyridine rings is 1. The fourth-order valence-electron chi connectivity index (χ4n) is 3.29. The average Bonchev–Trinajstić information content (AvgIpc) is 3.12. The Balaban J connectivity index is 1.44. The fraction of sp³-hybridized carbons (Fsp3) is 0.412. The molecule has 4 heterocycles. The zero-order valence-corrected chi connectivity index (χ0v) is 14.0. The van der Waals surface area contributed by atoms with Crippen molar-refractivity contribution < 1.29 is 4.39 Å². The van der Waals surface area contributed by atoms with Gasteiger partial charge in [-0.3, -0.25) is 9.88 Å². The highest BCUT2D eigenvalue weighted by Crippen LogP contribution is 2.28. The van der Waals surface area contributed by atoms with Crippen LogP contribution in [0.1, 0.15) is 30.3 Å². The first-order chi connectivity index (χ1) is 12.2. The molecular weight excluding hydrogens is 321 g/mol. The Kier molecular flexibility index (Phi) is 4.27. The number of anilines is 1. The van der Waals surface area contributed by atoms with Gasteiger partial charge in [0.05, 0.1) is 18.2 Å². The molecule has 1 aliphatic rings. The van der Waals surface area contributed by atoms with Crippen molar-refractivity contribution in [2.45, 2.75) is 25.3 Å². The van der Waals surface area contributed by atoms with Gasteiger partial charge in [-0.05, 0) is 38.1 Å². The largest absolute Gasteiger partial charge is 0.371 e. The molecule has 0 unspecified atom stereocenters. The lowest BCUT2D eigenvalue weighted by Gasteiger charge is -2.31. The molecule has 7 nitrogen and oxygen atoms in total. The quantitative estimate of drug-likeness (QED) is 0.758. The van der Waals surface area contributed by atoms with Gasteiger partial charge in [0, 0.05) is 19.5 Å². The van der Waals surface area contributed by atoms with E-state index in [-0.39, 0.29) is 5.82 Å². The normalized spacial score (nSPS) is 16.4. The number of H-pyrrole nitrogens is 1. The van der Waals surface area contributed by atoms with Crippen molar-refractivity contribution in [2.75, 3.05) is 25.5 Å². The fourth-order valence-corrected chi connectivity index (χ4v) is 3.29. The van der Waals surface area contributed by atoms with E-state index in [2.05, 4.69) is 35.1 Å². The van der Waals surface area contributed by atoms with Crippen LogP contribution in [0.3, 0.4) is 0 Å². The Morgan fingerprint density at radius 1 is 1.24 bits per heavy atom. The molecule has 4 rings (SSSR count). The number of aromatic amines is 1. The zero-order chi connectivity index (χ0) is 17.2. The Morgan fingerprint density at radius 2 is 2.08 bits per heavy atom. The molecule has 25 heavy (non-hydrogen) atoms. The Labute approximate surface area is 144 Å². The number of piperidine rings is 1. The summed E-state index contributed by atoms with van der Waals surface area (Å²) < 4.78 is 13.0.